The minimum Gasteiger partial charge on any atom is -0.481 e. The van der Waals surface area contributed by atoms with Crippen LogP contribution in [0.1, 0.15) is 49.6 Å². The molecule has 1 atom stereocenters. The highest BCUT2D eigenvalue weighted by Gasteiger charge is 2.32. The first-order valence-corrected chi connectivity index (χ1v) is 8.47. The smallest absolute Gasteiger partial charge is 0.312 e. The predicted molar refractivity (Wildman–Crippen MR) is 86.3 cm³/mol. The van der Waals surface area contributed by atoms with Crippen molar-refractivity contribution in [2.24, 2.45) is 0 Å². The van der Waals surface area contributed by atoms with E-state index in [0.717, 1.165) is 48.1 Å². The van der Waals surface area contributed by atoms with Crippen LogP contribution in [0.2, 0.25) is 0 Å². The summed E-state index contributed by atoms with van der Waals surface area (Å²) in [7, 11) is 2.15. The largest absolute Gasteiger partial charge is 0.481 e. The Hall–Kier alpha value is -1.14. The standard InChI is InChI=1S/C15H25N3O2S/c1-10(2)18(3)9-5-4-8-16-15-17-13-11(14(19)20)6-7-12(13)21-15/h10-11H,4-9H2,1-3H3,(H,16,17)(H,19,20). The molecule has 0 aromatic carbocycles. The van der Waals surface area contributed by atoms with Gasteiger partial charge in [-0.1, -0.05) is 0 Å². The van der Waals surface area contributed by atoms with E-state index in [1.54, 1.807) is 11.3 Å². The quantitative estimate of drug-likeness (QED) is 0.723. The number of aryl methyl sites for hydroxylation is 1. The molecule has 0 amide bonds. The zero-order chi connectivity index (χ0) is 15.4. The van der Waals surface area contributed by atoms with Crippen LogP contribution < -0.4 is 5.32 Å². The summed E-state index contributed by atoms with van der Waals surface area (Å²) in [5.74, 6) is -1.14. The Kier molecular flexibility index (Phi) is 5.58. The van der Waals surface area contributed by atoms with E-state index in [0.29, 0.717) is 12.5 Å². The predicted octanol–water partition coefficient (Wildman–Crippen LogP) is 2.79. The normalized spacial score (nSPS) is 17.5. The van der Waals surface area contributed by atoms with Gasteiger partial charge in [0.2, 0.25) is 0 Å². The number of carboxylic acids is 1. The molecule has 0 saturated carbocycles. The Labute approximate surface area is 130 Å². The third kappa shape index (κ3) is 4.17. The van der Waals surface area contributed by atoms with E-state index in [4.69, 9.17) is 5.11 Å². The van der Waals surface area contributed by atoms with E-state index in [-0.39, 0.29) is 0 Å². The molecule has 1 aliphatic carbocycles. The summed E-state index contributed by atoms with van der Waals surface area (Å²) >= 11 is 1.62. The van der Waals surface area contributed by atoms with Gasteiger partial charge in [0, 0.05) is 17.5 Å². The van der Waals surface area contributed by atoms with E-state index in [9.17, 15) is 4.79 Å². The average molecular weight is 311 g/mol. The van der Waals surface area contributed by atoms with Gasteiger partial charge < -0.3 is 15.3 Å². The fourth-order valence-corrected chi connectivity index (χ4v) is 3.55. The zero-order valence-electron chi connectivity index (χ0n) is 13.1. The van der Waals surface area contributed by atoms with Gasteiger partial charge in [0.05, 0.1) is 5.69 Å². The van der Waals surface area contributed by atoms with Gasteiger partial charge in [0.15, 0.2) is 5.13 Å². The molecule has 1 aliphatic rings. The van der Waals surface area contributed by atoms with Crippen LogP contribution in [-0.4, -0.2) is 47.1 Å². The third-order valence-corrected chi connectivity index (χ3v) is 5.20. The highest BCUT2D eigenvalue weighted by Crippen LogP contribution is 2.38. The second-order valence-electron chi connectivity index (χ2n) is 5.97. The van der Waals surface area contributed by atoms with Crippen molar-refractivity contribution in [1.29, 1.82) is 0 Å². The highest BCUT2D eigenvalue weighted by molar-refractivity contribution is 7.15. The van der Waals surface area contributed by atoms with Crippen LogP contribution in [0.3, 0.4) is 0 Å². The van der Waals surface area contributed by atoms with Gasteiger partial charge in [-0.3, -0.25) is 4.79 Å². The molecule has 1 aromatic rings. The number of fused-ring (bicyclic) bond motifs is 1. The zero-order valence-corrected chi connectivity index (χ0v) is 13.9. The molecule has 0 saturated heterocycles. The number of carboxylic acid groups (broad SMARTS) is 1. The lowest BCUT2D eigenvalue weighted by Gasteiger charge is -2.20. The Balaban J connectivity index is 1.73. The highest BCUT2D eigenvalue weighted by atomic mass is 32.1. The molecule has 6 heteroatoms. The minimum atomic E-state index is -0.748. The first-order chi connectivity index (χ1) is 9.99. The summed E-state index contributed by atoms with van der Waals surface area (Å²) in [4.78, 5) is 19.1. The van der Waals surface area contributed by atoms with Crippen LogP contribution in [0.4, 0.5) is 5.13 Å². The Morgan fingerprint density at radius 2 is 2.29 bits per heavy atom. The number of nitrogens with one attached hydrogen (secondary N) is 1. The molecule has 118 valence electrons. The number of hydrogen-bond donors (Lipinski definition) is 2. The topological polar surface area (TPSA) is 65.5 Å². The SMILES string of the molecule is CC(C)N(C)CCCCNc1nc2c(s1)CCC2C(=O)O. The van der Waals surface area contributed by atoms with Gasteiger partial charge in [-0.2, -0.15) is 0 Å². The van der Waals surface area contributed by atoms with Gasteiger partial charge in [0.1, 0.15) is 5.92 Å². The van der Waals surface area contributed by atoms with Gasteiger partial charge in [0.25, 0.3) is 0 Å². The number of unbranched alkanes of at least 4 members (excludes halogenated alkanes) is 1. The van der Waals surface area contributed by atoms with Gasteiger partial charge in [-0.25, -0.2) is 4.98 Å². The first kappa shape index (κ1) is 16.2. The first-order valence-electron chi connectivity index (χ1n) is 7.65. The van der Waals surface area contributed by atoms with Crippen molar-refractivity contribution < 1.29 is 9.90 Å². The Bertz CT molecular complexity index is 487. The summed E-state index contributed by atoms with van der Waals surface area (Å²) in [5, 5.41) is 13.4. The number of aromatic nitrogens is 1. The van der Waals surface area contributed by atoms with E-state index >= 15 is 0 Å². The van der Waals surface area contributed by atoms with Crippen molar-refractivity contribution >= 4 is 22.4 Å². The van der Waals surface area contributed by atoms with Crippen molar-refractivity contribution in [2.75, 3.05) is 25.5 Å². The second kappa shape index (κ2) is 7.22. The Morgan fingerprint density at radius 1 is 1.52 bits per heavy atom. The van der Waals surface area contributed by atoms with E-state index in [2.05, 4.69) is 36.1 Å². The molecule has 0 aliphatic heterocycles. The second-order valence-corrected chi connectivity index (χ2v) is 7.05. The maximum atomic E-state index is 11.1. The number of thiazole rings is 1. The number of rotatable bonds is 8. The maximum absolute atomic E-state index is 11.1. The molecule has 1 unspecified atom stereocenters. The maximum Gasteiger partial charge on any atom is 0.312 e. The number of hydrogen-bond acceptors (Lipinski definition) is 5. The van der Waals surface area contributed by atoms with Crippen LogP contribution in [-0.2, 0) is 11.2 Å². The summed E-state index contributed by atoms with van der Waals surface area (Å²) in [6.45, 7) is 6.41. The average Bonchev–Trinajstić information content (AvgIpc) is 2.96. The minimum absolute atomic E-state index is 0.397. The van der Waals surface area contributed by atoms with Crippen molar-refractivity contribution in [1.82, 2.24) is 9.88 Å². The molecule has 5 nitrogen and oxygen atoms in total. The summed E-state index contributed by atoms with van der Waals surface area (Å²) < 4.78 is 0. The van der Waals surface area contributed by atoms with Crippen LogP contribution in [0, 0.1) is 0 Å². The molecule has 2 rings (SSSR count). The van der Waals surface area contributed by atoms with E-state index in [1.165, 1.54) is 0 Å². The fourth-order valence-electron chi connectivity index (χ4n) is 2.48. The molecule has 0 fully saturated rings. The van der Waals surface area contributed by atoms with Gasteiger partial charge in [-0.15, -0.1) is 11.3 Å². The van der Waals surface area contributed by atoms with Crippen molar-refractivity contribution in [3.63, 3.8) is 0 Å². The van der Waals surface area contributed by atoms with Crippen LogP contribution >= 0.6 is 11.3 Å². The van der Waals surface area contributed by atoms with Crippen LogP contribution in [0.25, 0.3) is 0 Å². The molecule has 1 heterocycles. The summed E-state index contributed by atoms with van der Waals surface area (Å²) in [6, 6.07) is 0.591. The molecule has 21 heavy (non-hydrogen) atoms. The molecule has 1 aromatic heterocycles. The molecule has 0 spiro atoms. The lowest BCUT2D eigenvalue weighted by molar-refractivity contribution is -0.138. The molecule has 2 N–H and O–H groups in total. The number of carbonyl (C=O) groups is 1. The monoisotopic (exact) mass is 311 g/mol. The molecular weight excluding hydrogens is 286 g/mol. The molecular formula is C15H25N3O2S. The molecule has 0 bridgehead atoms. The van der Waals surface area contributed by atoms with Crippen LogP contribution in [0.15, 0.2) is 0 Å². The third-order valence-electron chi connectivity index (χ3n) is 4.11. The van der Waals surface area contributed by atoms with Gasteiger partial charge in [-0.05, 0) is 53.1 Å². The lowest BCUT2D eigenvalue weighted by Crippen LogP contribution is -2.27. The van der Waals surface area contributed by atoms with E-state index < -0.39 is 11.9 Å². The van der Waals surface area contributed by atoms with Crippen molar-refractivity contribution in [3.8, 4) is 0 Å². The van der Waals surface area contributed by atoms with Crippen molar-refractivity contribution in [2.45, 2.75) is 51.5 Å². The number of nitrogens with zero attached hydrogens (tertiary/aromatic N) is 2. The van der Waals surface area contributed by atoms with Crippen LogP contribution in [0.5, 0.6) is 0 Å². The van der Waals surface area contributed by atoms with Crippen molar-refractivity contribution in [3.05, 3.63) is 10.6 Å². The fraction of sp³-hybridized carbons (Fsp3) is 0.733. The summed E-state index contributed by atoms with van der Waals surface area (Å²) in [5.41, 5.74) is 0.787. The van der Waals surface area contributed by atoms with Gasteiger partial charge >= 0.3 is 5.97 Å². The number of aliphatic carboxylic acids is 1. The number of anilines is 1. The lowest BCUT2D eigenvalue weighted by atomic mass is 10.1. The Morgan fingerprint density at radius 3 is 2.95 bits per heavy atom. The van der Waals surface area contributed by atoms with E-state index in [1.807, 2.05) is 0 Å². The summed E-state index contributed by atoms with van der Waals surface area (Å²) in [6.07, 6.45) is 3.81. The molecule has 0 radical (unpaired) electrons.